The Morgan fingerprint density at radius 2 is 1.64 bits per heavy atom. The van der Waals surface area contributed by atoms with E-state index in [1.54, 1.807) is 24.3 Å². The van der Waals surface area contributed by atoms with Gasteiger partial charge in [0.1, 0.15) is 18.1 Å². The van der Waals surface area contributed by atoms with Crippen molar-refractivity contribution >= 4 is 27.6 Å². The molecule has 0 atom stereocenters. The first-order valence-electron chi connectivity index (χ1n) is 12.4. The number of ether oxygens (including phenoxy) is 2. The Bertz CT molecular complexity index is 1440. The molecule has 3 aromatic rings. The van der Waals surface area contributed by atoms with Crippen molar-refractivity contribution < 1.29 is 32.6 Å². The zero-order chi connectivity index (χ0) is 28.0. The van der Waals surface area contributed by atoms with Crippen LogP contribution in [0.25, 0.3) is 11.1 Å². The summed E-state index contributed by atoms with van der Waals surface area (Å²) in [5.74, 6) is -1.08. The molecule has 3 aromatic carbocycles. The van der Waals surface area contributed by atoms with Gasteiger partial charge in [0, 0.05) is 32.7 Å². The van der Waals surface area contributed by atoms with Crippen LogP contribution >= 0.6 is 0 Å². The van der Waals surface area contributed by atoms with Gasteiger partial charge in [-0.05, 0) is 41.5 Å². The van der Waals surface area contributed by atoms with Gasteiger partial charge in [0.2, 0.25) is 10.0 Å². The predicted octanol–water partition coefficient (Wildman–Crippen LogP) is 3.05. The molecule has 206 valence electrons. The average Bonchev–Trinajstić information content (AvgIpc) is 2.93. The molecule has 4 rings (SSSR count). The Morgan fingerprint density at radius 3 is 2.31 bits per heavy atom. The maximum Gasteiger partial charge on any atom is 0.339 e. The highest BCUT2D eigenvalue weighted by Crippen LogP contribution is 2.29. The van der Waals surface area contributed by atoms with Crippen LogP contribution in [0.2, 0.25) is 0 Å². The number of nitrogens with zero attached hydrogens (tertiary/aromatic N) is 2. The van der Waals surface area contributed by atoms with Crippen LogP contribution in [0.15, 0.2) is 66.7 Å². The van der Waals surface area contributed by atoms with Crippen molar-refractivity contribution in [1.29, 1.82) is 0 Å². The van der Waals surface area contributed by atoms with E-state index in [-0.39, 0.29) is 22.6 Å². The van der Waals surface area contributed by atoms with Crippen molar-refractivity contribution in [2.45, 2.75) is 0 Å². The third-order valence-electron chi connectivity index (χ3n) is 6.47. The molecule has 1 saturated heterocycles. The van der Waals surface area contributed by atoms with Crippen molar-refractivity contribution in [3.8, 4) is 22.6 Å². The van der Waals surface area contributed by atoms with Gasteiger partial charge in [-0.3, -0.25) is 9.69 Å². The molecule has 1 aliphatic rings. The van der Waals surface area contributed by atoms with E-state index in [9.17, 15) is 23.1 Å². The second kappa shape index (κ2) is 12.3. The summed E-state index contributed by atoms with van der Waals surface area (Å²) in [7, 11) is -1.93. The van der Waals surface area contributed by atoms with Crippen LogP contribution in [0.4, 0.5) is 5.69 Å². The summed E-state index contributed by atoms with van der Waals surface area (Å²) >= 11 is 0. The van der Waals surface area contributed by atoms with Gasteiger partial charge in [0.05, 0.1) is 30.2 Å². The van der Waals surface area contributed by atoms with E-state index in [1.165, 1.54) is 29.8 Å². The Labute approximate surface area is 227 Å². The van der Waals surface area contributed by atoms with Crippen LogP contribution in [0.1, 0.15) is 20.7 Å². The van der Waals surface area contributed by atoms with E-state index in [0.29, 0.717) is 45.1 Å². The molecule has 0 spiro atoms. The molecule has 0 unspecified atom stereocenters. The van der Waals surface area contributed by atoms with Crippen molar-refractivity contribution in [1.82, 2.24) is 9.21 Å². The molecule has 0 saturated carbocycles. The van der Waals surface area contributed by atoms with E-state index in [0.717, 1.165) is 11.1 Å². The molecule has 0 aromatic heterocycles. The summed E-state index contributed by atoms with van der Waals surface area (Å²) in [4.78, 5) is 27.6. The zero-order valence-electron chi connectivity index (χ0n) is 21.8. The highest BCUT2D eigenvalue weighted by molar-refractivity contribution is 7.88. The van der Waals surface area contributed by atoms with Gasteiger partial charge >= 0.3 is 5.97 Å². The third kappa shape index (κ3) is 7.14. The fourth-order valence-corrected chi connectivity index (χ4v) is 5.13. The minimum atomic E-state index is -3.19. The highest BCUT2D eigenvalue weighted by Gasteiger charge is 2.23. The number of anilines is 1. The maximum absolute atomic E-state index is 13.2. The number of hydrogen-bond acceptors (Lipinski definition) is 8. The minimum absolute atomic E-state index is 0.0183. The lowest BCUT2D eigenvalue weighted by atomic mass is 10.0. The molecular formula is C28H31N3O7S. The monoisotopic (exact) mass is 553 g/mol. The lowest BCUT2D eigenvalue weighted by Gasteiger charge is -2.33. The van der Waals surface area contributed by atoms with Gasteiger partial charge in [-0.1, -0.05) is 36.4 Å². The number of aromatic hydroxyl groups is 1. The molecule has 1 aliphatic heterocycles. The van der Waals surface area contributed by atoms with Crippen LogP contribution in [0.5, 0.6) is 11.5 Å². The van der Waals surface area contributed by atoms with Gasteiger partial charge < -0.3 is 19.9 Å². The summed E-state index contributed by atoms with van der Waals surface area (Å²) in [5, 5.41) is 13.1. The lowest BCUT2D eigenvalue weighted by Crippen LogP contribution is -2.49. The number of hydrogen-bond donors (Lipinski definition) is 2. The molecule has 39 heavy (non-hydrogen) atoms. The van der Waals surface area contributed by atoms with Crippen LogP contribution in [0, 0.1) is 0 Å². The Balaban J connectivity index is 1.44. The number of sulfonamides is 1. The molecular weight excluding hydrogens is 522 g/mol. The predicted molar refractivity (Wildman–Crippen MR) is 148 cm³/mol. The second-order valence-electron chi connectivity index (χ2n) is 9.10. The van der Waals surface area contributed by atoms with Crippen LogP contribution < -0.4 is 10.1 Å². The highest BCUT2D eigenvalue weighted by atomic mass is 32.2. The molecule has 0 radical (unpaired) electrons. The fraction of sp³-hybridized carbons (Fsp3) is 0.286. The second-order valence-corrected chi connectivity index (χ2v) is 11.1. The average molecular weight is 554 g/mol. The van der Waals surface area contributed by atoms with Crippen LogP contribution in [-0.4, -0.2) is 87.3 Å². The van der Waals surface area contributed by atoms with E-state index < -0.39 is 21.9 Å². The van der Waals surface area contributed by atoms with E-state index >= 15 is 0 Å². The van der Waals surface area contributed by atoms with E-state index in [2.05, 4.69) is 10.2 Å². The van der Waals surface area contributed by atoms with Gasteiger partial charge in [0.15, 0.2) is 0 Å². The molecule has 0 aliphatic carbocycles. The van der Waals surface area contributed by atoms with Gasteiger partial charge in [-0.15, -0.1) is 0 Å². The summed E-state index contributed by atoms with van der Waals surface area (Å²) in [6.45, 7) is 2.96. The molecule has 1 amide bonds. The standard InChI is InChI=1S/C28H31N3O7S/c1-37-28(34)23-10-8-21(20-6-4-3-5-7-20)18-25(23)29-27(33)24-19-22(9-11-26(24)32)38-17-16-30-12-14-31(15-13-30)39(2,35)36/h3-11,18-19,32H,12-17H2,1-2H3,(H,29,33). The lowest BCUT2D eigenvalue weighted by molar-refractivity contribution is 0.0602. The Hall–Kier alpha value is -3.93. The van der Waals surface area contributed by atoms with Gasteiger partial charge in [0.25, 0.3) is 5.91 Å². The normalized spacial score (nSPS) is 14.5. The zero-order valence-corrected chi connectivity index (χ0v) is 22.6. The van der Waals surface area contributed by atoms with Gasteiger partial charge in [-0.2, -0.15) is 4.31 Å². The summed E-state index contributed by atoms with van der Waals surface area (Å²) in [6, 6.07) is 18.9. The van der Waals surface area contributed by atoms with E-state index in [1.807, 2.05) is 30.3 Å². The number of benzene rings is 3. The first kappa shape index (κ1) is 28.1. The van der Waals surface area contributed by atoms with Crippen LogP contribution in [-0.2, 0) is 14.8 Å². The number of amides is 1. The molecule has 0 bridgehead atoms. The third-order valence-corrected chi connectivity index (χ3v) is 7.77. The largest absolute Gasteiger partial charge is 0.507 e. The molecule has 10 nitrogen and oxygen atoms in total. The minimum Gasteiger partial charge on any atom is -0.507 e. The number of carbonyl (C=O) groups excluding carboxylic acids is 2. The summed E-state index contributed by atoms with van der Waals surface area (Å²) < 4.78 is 35.5. The summed E-state index contributed by atoms with van der Waals surface area (Å²) in [5.41, 5.74) is 2.09. The van der Waals surface area contributed by atoms with Gasteiger partial charge in [-0.25, -0.2) is 13.2 Å². The number of piperazine rings is 1. The molecule has 11 heteroatoms. The van der Waals surface area contributed by atoms with Crippen molar-refractivity contribution in [2.75, 3.05) is 58.0 Å². The molecule has 1 fully saturated rings. The Morgan fingerprint density at radius 1 is 0.923 bits per heavy atom. The Kier molecular flexibility index (Phi) is 8.85. The number of carbonyl (C=O) groups is 2. The first-order valence-corrected chi connectivity index (χ1v) is 14.2. The number of esters is 1. The number of methoxy groups -OCH3 is 1. The molecule has 1 heterocycles. The molecule has 2 N–H and O–H groups in total. The number of phenols is 1. The van der Waals surface area contributed by atoms with Crippen LogP contribution in [0.3, 0.4) is 0 Å². The fourth-order valence-electron chi connectivity index (χ4n) is 4.30. The maximum atomic E-state index is 13.2. The smallest absolute Gasteiger partial charge is 0.339 e. The van der Waals surface area contributed by atoms with Crippen molar-refractivity contribution in [3.05, 3.63) is 77.9 Å². The van der Waals surface area contributed by atoms with E-state index in [4.69, 9.17) is 9.47 Å². The quantitative estimate of drug-likeness (QED) is 0.388. The van der Waals surface area contributed by atoms with Crippen molar-refractivity contribution in [3.63, 3.8) is 0 Å². The summed E-state index contributed by atoms with van der Waals surface area (Å²) in [6.07, 6.45) is 1.21. The topological polar surface area (TPSA) is 125 Å². The first-order chi connectivity index (χ1) is 18.7. The number of rotatable bonds is 9. The SMILES string of the molecule is COC(=O)c1ccc(-c2ccccc2)cc1NC(=O)c1cc(OCCN2CCN(S(C)(=O)=O)CC2)ccc1O. The number of phenolic OH excluding ortho intramolecular Hbond substituents is 1. The van der Waals surface area contributed by atoms with Crippen molar-refractivity contribution in [2.24, 2.45) is 0 Å². The number of nitrogens with one attached hydrogen (secondary N) is 1.